The van der Waals surface area contributed by atoms with E-state index in [-0.39, 0.29) is 25.8 Å². The van der Waals surface area contributed by atoms with E-state index in [0.29, 0.717) is 24.2 Å². The number of carbonyl (C=O) groups excluding carboxylic acids is 1. The van der Waals surface area contributed by atoms with Crippen LogP contribution in [0.15, 0.2) is 0 Å². The van der Waals surface area contributed by atoms with Crippen LogP contribution in [-0.2, 0) is 18.3 Å². The van der Waals surface area contributed by atoms with Crippen molar-refractivity contribution in [3.8, 4) is 0 Å². The van der Waals surface area contributed by atoms with E-state index in [0.717, 1.165) is 12.8 Å². The van der Waals surface area contributed by atoms with Crippen LogP contribution in [0.1, 0.15) is 129 Å². The maximum Gasteiger partial charge on any atom is 0.314 e. The molecule has 10 heteroatoms. The minimum atomic E-state index is -4.52. The maximum atomic E-state index is 12.3. The molecule has 0 aliphatic carbocycles. The van der Waals surface area contributed by atoms with Gasteiger partial charge in [-0.25, -0.2) is 4.79 Å². The number of amides is 2. The zero-order valence-electron chi connectivity index (χ0n) is 27.4. The van der Waals surface area contributed by atoms with E-state index in [4.69, 9.17) is 13.8 Å². The van der Waals surface area contributed by atoms with Crippen LogP contribution in [0.25, 0.3) is 0 Å². The molecule has 0 bridgehead atoms. The van der Waals surface area contributed by atoms with Crippen LogP contribution in [0.4, 0.5) is 4.79 Å². The number of quaternary nitrogens is 1. The predicted molar refractivity (Wildman–Crippen MR) is 168 cm³/mol. The van der Waals surface area contributed by atoms with Gasteiger partial charge < -0.3 is 33.8 Å². The van der Waals surface area contributed by atoms with E-state index in [1.807, 2.05) is 28.1 Å². The number of rotatable bonds is 30. The lowest BCUT2D eigenvalue weighted by atomic mass is 10.0. The molecule has 0 saturated carbocycles. The second kappa shape index (κ2) is 26.9. The molecule has 0 aromatic rings. The number of urea groups is 1. The van der Waals surface area contributed by atoms with Crippen LogP contribution < -0.4 is 15.5 Å². The van der Waals surface area contributed by atoms with Gasteiger partial charge >= 0.3 is 6.03 Å². The lowest BCUT2D eigenvalue weighted by molar-refractivity contribution is -0.870. The van der Waals surface area contributed by atoms with Gasteiger partial charge in [0.2, 0.25) is 0 Å². The van der Waals surface area contributed by atoms with Crippen molar-refractivity contribution in [3.05, 3.63) is 0 Å². The minimum absolute atomic E-state index is 0.00980. The summed E-state index contributed by atoms with van der Waals surface area (Å²) in [7, 11) is 1.34. The molecule has 0 spiro atoms. The van der Waals surface area contributed by atoms with Crippen molar-refractivity contribution in [2.75, 3.05) is 60.6 Å². The highest BCUT2D eigenvalue weighted by atomic mass is 31.2. The zero-order chi connectivity index (χ0) is 30.7. The van der Waals surface area contributed by atoms with Gasteiger partial charge in [-0.15, -0.1) is 0 Å². The largest absolute Gasteiger partial charge is 0.756 e. The number of ether oxygens (including phenoxy) is 1. The van der Waals surface area contributed by atoms with Gasteiger partial charge in [-0.3, -0.25) is 4.57 Å². The summed E-state index contributed by atoms with van der Waals surface area (Å²) < 4.78 is 28.8. The van der Waals surface area contributed by atoms with Gasteiger partial charge in [0.05, 0.1) is 27.7 Å². The Balaban J connectivity index is 3.87. The van der Waals surface area contributed by atoms with E-state index in [9.17, 15) is 14.3 Å². The van der Waals surface area contributed by atoms with E-state index in [1.54, 1.807) is 0 Å². The molecule has 0 aliphatic rings. The Kier molecular flexibility index (Phi) is 26.4. The molecule has 246 valence electrons. The first-order valence-electron chi connectivity index (χ1n) is 16.6. The van der Waals surface area contributed by atoms with Crippen molar-refractivity contribution in [2.24, 2.45) is 0 Å². The summed E-state index contributed by atoms with van der Waals surface area (Å²) in [4.78, 5) is 24.1. The number of hydrogen-bond acceptors (Lipinski definition) is 6. The van der Waals surface area contributed by atoms with E-state index >= 15 is 0 Å². The van der Waals surface area contributed by atoms with Gasteiger partial charge in [0.1, 0.15) is 19.3 Å². The standard InChI is InChI=1S/C31H66N3O6P/c1-6-8-9-10-11-12-13-14-15-16-17-18-19-20-21-22-23-24-26-38-29-30(28-33-31(35)32-7-2)40-41(36,37)39-27-25-34(3,4)5/h30H,6-29H2,1-5H3,(H2-,32,33,35,36,37). The first kappa shape index (κ1) is 40.3. The first-order chi connectivity index (χ1) is 19.6. The fourth-order valence-corrected chi connectivity index (χ4v) is 5.38. The number of phosphoric ester groups is 1. The Hall–Kier alpha value is -0.700. The highest BCUT2D eigenvalue weighted by molar-refractivity contribution is 7.45. The SMILES string of the molecule is CCCCCCCCCCCCCCCCCCCCOCC(CNC(=O)NCC)OP(=O)([O-])OCC[N+](C)(C)C. The van der Waals surface area contributed by atoms with E-state index in [1.165, 1.54) is 103 Å². The number of nitrogens with one attached hydrogen (secondary N) is 2. The van der Waals surface area contributed by atoms with Gasteiger partial charge in [0.15, 0.2) is 0 Å². The molecule has 2 N–H and O–H groups in total. The highest BCUT2D eigenvalue weighted by Crippen LogP contribution is 2.39. The molecule has 0 radical (unpaired) electrons. The summed E-state index contributed by atoms with van der Waals surface area (Å²) >= 11 is 0. The Morgan fingerprint density at radius 3 is 1.63 bits per heavy atom. The second-order valence-corrected chi connectivity index (χ2v) is 13.7. The second-order valence-electron chi connectivity index (χ2n) is 12.3. The van der Waals surface area contributed by atoms with Crippen molar-refractivity contribution in [1.29, 1.82) is 0 Å². The third kappa shape index (κ3) is 30.6. The van der Waals surface area contributed by atoms with Gasteiger partial charge in [-0.05, 0) is 13.3 Å². The van der Waals surface area contributed by atoms with Crippen molar-refractivity contribution in [1.82, 2.24) is 10.6 Å². The quantitative estimate of drug-likeness (QED) is 0.0520. The van der Waals surface area contributed by atoms with Crippen LogP contribution in [0.5, 0.6) is 0 Å². The summed E-state index contributed by atoms with van der Waals surface area (Å²) in [6, 6.07) is -0.378. The number of nitrogens with zero attached hydrogens (tertiary/aromatic N) is 1. The average Bonchev–Trinajstić information content (AvgIpc) is 2.89. The summed E-state index contributed by atoms with van der Waals surface area (Å²) in [5.74, 6) is 0. The fourth-order valence-electron chi connectivity index (χ4n) is 4.52. The van der Waals surface area contributed by atoms with Crippen LogP contribution >= 0.6 is 7.82 Å². The van der Waals surface area contributed by atoms with Crippen LogP contribution in [0.3, 0.4) is 0 Å². The highest BCUT2D eigenvalue weighted by Gasteiger charge is 2.20. The summed E-state index contributed by atoms with van der Waals surface area (Å²) in [6.07, 6.45) is 23.0. The summed E-state index contributed by atoms with van der Waals surface area (Å²) in [6.45, 7) is 5.72. The normalized spacial score (nSPS) is 14.1. The Bertz CT molecular complexity index is 648. The molecule has 0 rings (SSSR count). The zero-order valence-corrected chi connectivity index (χ0v) is 28.3. The monoisotopic (exact) mass is 607 g/mol. The minimum Gasteiger partial charge on any atom is -0.756 e. The van der Waals surface area contributed by atoms with Gasteiger partial charge in [0.25, 0.3) is 7.82 Å². The van der Waals surface area contributed by atoms with Crippen LogP contribution in [-0.4, -0.2) is 77.2 Å². The first-order valence-corrected chi connectivity index (χ1v) is 18.1. The third-order valence-corrected chi connectivity index (χ3v) is 8.12. The molecule has 0 saturated heterocycles. The van der Waals surface area contributed by atoms with Crippen LogP contribution in [0.2, 0.25) is 0 Å². The molecule has 2 amide bonds. The maximum absolute atomic E-state index is 12.3. The van der Waals surface area contributed by atoms with Gasteiger partial charge in [-0.1, -0.05) is 116 Å². The molecule has 0 aromatic carbocycles. The molecule has 9 nitrogen and oxygen atoms in total. The Morgan fingerprint density at radius 1 is 0.732 bits per heavy atom. The van der Waals surface area contributed by atoms with Gasteiger partial charge in [-0.2, -0.15) is 0 Å². The number of likely N-dealkylation sites (N-methyl/N-ethyl adjacent to an activating group) is 1. The number of unbranched alkanes of at least 4 members (excludes halogenated alkanes) is 17. The van der Waals surface area contributed by atoms with Gasteiger partial charge in [0, 0.05) is 19.7 Å². The summed E-state index contributed by atoms with van der Waals surface area (Å²) in [5.41, 5.74) is 0. The molecular weight excluding hydrogens is 541 g/mol. The van der Waals surface area contributed by atoms with Crippen molar-refractivity contribution in [2.45, 2.75) is 136 Å². The van der Waals surface area contributed by atoms with Crippen LogP contribution in [0, 0.1) is 0 Å². The van der Waals surface area contributed by atoms with E-state index in [2.05, 4.69) is 17.6 Å². The number of carbonyl (C=O) groups is 1. The topological polar surface area (TPSA) is 109 Å². The Labute approximate surface area is 253 Å². The Morgan fingerprint density at radius 2 is 1.20 bits per heavy atom. The molecule has 0 heterocycles. The van der Waals surface area contributed by atoms with Crippen molar-refractivity contribution < 1.29 is 32.5 Å². The lowest BCUT2D eigenvalue weighted by Crippen LogP contribution is -2.42. The lowest BCUT2D eigenvalue weighted by Gasteiger charge is -2.30. The molecule has 2 unspecified atom stereocenters. The van der Waals surface area contributed by atoms with Crippen molar-refractivity contribution >= 4 is 13.9 Å². The predicted octanol–water partition coefficient (Wildman–Crippen LogP) is 6.94. The number of phosphoric acid groups is 1. The molecule has 0 aromatic heterocycles. The molecule has 2 atom stereocenters. The fraction of sp³-hybridized carbons (Fsp3) is 0.968. The number of hydrogen-bond donors (Lipinski definition) is 2. The smallest absolute Gasteiger partial charge is 0.314 e. The average molecular weight is 608 g/mol. The van der Waals surface area contributed by atoms with E-state index < -0.39 is 13.9 Å². The summed E-state index contributed by atoms with van der Waals surface area (Å²) in [5, 5.41) is 5.24. The molecule has 0 fully saturated rings. The van der Waals surface area contributed by atoms with Crippen molar-refractivity contribution in [3.63, 3.8) is 0 Å². The molecule has 41 heavy (non-hydrogen) atoms. The molecule has 0 aliphatic heterocycles. The third-order valence-electron chi connectivity index (χ3n) is 7.06. The molecular formula is C31H66N3O6P.